The molecule has 2 rings (SSSR count). The Morgan fingerprint density at radius 1 is 1.35 bits per heavy atom. The molecule has 7 heteroatoms. The van der Waals surface area contributed by atoms with E-state index in [-0.39, 0.29) is 11.3 Å². The fraction of sp³-hybridized carbons (Fsp3) is 0. The summed E-state index contributed by atoms with van der Waals surface area (Å²) in [6, 6.07) is 8.93. The second kappa shape index (κ2) is 6.19. The smallest absolute Gasteiger partial charge is 0.267 e. The van der Waals surface area contributed by atoms with Crippen LogP contribution in [0.1, 0.15) is 15.9 Å². The van der Waals surface area contributed by atoms with Gasteiger partial charge in [-0.3, -0.25) is 19.9 Å². The molecule has 0 radical (unpaired) electrons. The number of rotatable bonds is 4. The van der Waals surface area contributed by atoms with Crippen molar-refractivity contribution in [3.8, 4) is 0 Å². The summed E-state index contributed by atoms with van der Waals surface area (Å²) in [5, 5.41) is 14.4. The molecule has 1 aromatic heterocycles. The number of hydrogen-bond donors (Lipinski definition) is 1. The van der Waals surface area contributed by atoms with Crippen molar-refractivity contribution in [3.63, 3.8) is 0 Å². The molecule has 7 nitrogen and oxygen atoms in total. The molecular weight excluding hydrogens is 260 g/mol. The number of nitrogens with zero attached hydrogens (tertiary/aromatic N) is 3. The van der Waals surface area contributed by atoms with E-state index in [1.54, 1.807) is 24.5 Å². The Labute approximate surface area is 114 Å². The number of carbonyl (C=O) groups excluding carboxylic acids is 1. The molecule has 0 aliphatic heterocycles. The molecule has 2 aromatic rings. The molecule has 0 aliphatic rings. The van der Waals surface area contributed by atoms with Gasteiger partial charge in [-0.05, 0) is 12.1 Å². The number of benzene rings is 1. The molecule has 0 spiro atoms. The first-order valence-corrected chi connectivity index (χ1v) is 5.65. The Bertz CT molecular complexity index is 656. The van der Waals surface area contributed by atoms with Crippen LogP contribution in [-0.4, -0.2) is 22.0 Å². The summed E-state index contributed by atoms with van der Waals surface area (Å²) in [4.78, 5) is 25.7. The van der Waals surface area contributed by atoms with Gasteiger partial charge in [-0.15, -0.1) is 0 Å². The second-order valence-corrected chi connectivity index (χ2v) is 3.79. The van der Waals surface area contributed by atoms with Gasteiger partial charge in [0.25, 0.3) is 11.6 Å². The number of amides is 1. The van der Waals surface area contributed by atoms with E-state index < -0.39 is 10.8 Å². The summed E-state index contributed by atoms with van der Waals surface area (Å²) in [5.74, 6) is -0.520. The van der Waals surface area contributed by atoms with Crippen molar-refractivity contribution < 1.29 is 9.72 Å². The Hall–Kier alpha value is -3.09. The highest BCUT2D eigenvalue weighted by Crippen LogP contribution is 2.12. The number of pyridine rings is 1. The van der Waals surface area contributed by atoms with Crippen molar-refractivity contribution in [1.82, 2.24) is 10.4 Å². The maximum Gasteiger partial charge on any atom is 0.271 e. The van der Waals surface area contributed by atoms with Gasteiger partial charge in [0.15, 0.2) is 0 Å². The highest BCUT2D eigenvalue weighted by Gasteiger charge is 2.10. The van der Waals surface area contributed by atoms with Crippen molar-refractivity contribution in [2.75, 3.05) is 0 Å². The van der Waals surface area contributed by atoms with E-state index in [4.69, 9.17) is 0 Å². The topological polar surface area (TPSA) is 97.5 Å². The lowest BCUT2D eigenvalue weighted by atomic mass is 10.2. The Morgan fingerprint density at radius 2 is 2.20 bits per heavy atom. The summed E-state index contributed by atoms with van der Waals surface area (Å²) >= 11 is 0. The normalized spacial score (nSPS) is 10.4. The fourth-order valence-corrected chi connectivity index (χ4v) is 1.44. The zero-order chi connectivity index (χ0) is 14.4. The van der Waals surface area contributed by atoms with E-state index in [1.807, 2.05) is 0 Å². The molecule has 20 heavy (non-hydrogen) atoms. The molecule has 0 fully saturated rings. The Kier molecular flexibility index (Phi) is 4.13. The van der Waals surface area contributed by atoms with E-state index in [1.165, 1.54) is 30.5 Å². The summed E-state index contributed by atoms with van der Waals surface area (Å²) in [5.41, 5.74) is 3.05. The first-order chi connectivity index (χ1) is 9.66. The third kappa shape index (κ3) is 3.45. The number of non-ortho nitro benzene ring substituents is 1. The number of hydrazone groups is 1. The van der Waals surface area contributed by atoms with Gasteiger partial charge in [-0.1, -0.05) is 12.1 Å². The third-order valence-electron chi connectivity index (χ3n) is 2.38. The average molecular weight is 270 g/mol. The van der Waals surface area contributed by atoms with Crippen LogP contribution in [0.5, 0.6) is 0 Å². The van der Waals surface area contributed by atoms with Gasteiger partial charge in [0, 0.05) is 35.7 Å². The quantitative estimate of drug-likeness (QED) is 0.520. The number of carbonyl (C=O) groups is 1. The number of nitrogens with one attached hydrogen (secondary N) is 1. The molecular formula is C13H10N4O3. The van der Waals surface area contributed by atoms with Crippen LogP contribution in [0.15, 0.2) is 53.9 Å². The van der Waals surface area contributed by atoms with Gasteiger partial charge in [-0.2, -0.15) is 5.10 Å². The summed E-state index contributed by atoms with van der Waals surface area (Å²) in [7, 11) is 0. The molecule has 1 amide bonds. The lowest BCUT2D eigenvalue weighted by molar-refractivity contribution is -0.384. The van der Waals surface area contributed by atoms with Crippen LogP contribution in [-0.2, 0) is 0 Å². The van der Waals surface area contributed by atoms with E-state index in [0.29, 0.717) is 0 Å². The van der Waals surface area contributed by atoms with Crippen molar-refractivity contribution in [2.24, 2.45) is 5.10 Å². The summed E-state index contributed by atoms with van der Waals surface area (Å²) in [6.07, 6.45) is 4.64. The van der Waals surface area contributed by atoms with Crippen LogP contribution in [0.4, 0.5) is 5.69 Å². The van der Waals surface area contributed by atoms with Gasteiger partial charge in [0.1, 0.15) is 0 Å². The SMILES string of the molecule is O=C(N/N=C/c1cccnc1)c1cccc([N+](=O)[O-])c1. The fourth-order valence-electron chi connectivity index (χ4n) is 1.44. The summed E-state index contributed by atoms with van der Waals surface area (Å²) < 4.78 is 0. The molecule has 0 unspecified atom stereocenters. The predicted octanol–water partition coefficient (Wildman–Crippen LogP) is 1.75. The molecule has 0 saturated carbocycles. The lowest BCUT2D eigenvalue weighted by Gasteiger charge is -1.99. The van der Waals surface area contributed by atoms with Gasteiger partial charge in [0.2, 0.25) is 0 Å². The minimum atomic E-state index is -0.560. The van der Waals surface area contributed by atoms with Crippen molar-refractivity contribution in [3.05, 3.63) is 70.0 Å². The van der Waals surface area contributed by atoms with Crippen LogP contribution >= 0.6 is 0 Å². The first-order valence-electron chi connectivity index (χ1n) is 5.65. The van der Waals surface area contributed by atoms with Crippen molar-refractivity contribution in [2.45, 2.75) is 0 Å². The van der Waals surface area contributed by atoms with Crippen molar-refractivity contribution >= 4 is 17.8 Å². The molecule has 0 saturated heterocycles. The van der Waals surface area contributed by atoms with Gasteiger partial charge in [0.05, 0.1) is 11.1 Å². The van der Waals surface area contributed by atoms with E-state index in [2.05, 4.69) is 15.5 Å². The lowest BCUT2D eigenvalue weighted by Crippen LogP contribution is -2.17. The van der Waals surface area contributed by atoms with Gasteiger partial charge < -0.3 is 0 Å². The molecule has 1 heterocycles. The number of nitro benzene ring substituents is 1. The average Bonchev–Trinajstić information content (AvgIpc) is 2.48. The van der Waals surface area contributed by atoms with Crippen LogP contribution in [0, 0.1) is 10.1 Å². The standard InChI is InChI=1S/C13H10N4O3/c18-13(11-4-1-5-12(7-11)17(19)20)16-15-9-10-3-2-6-14-8-10/h1-9H,(H,16,18)/b15-9+. The highest BCUT2D eigenvalue weighted by molar-refractivity contribution is 5.95. The maximum atomic E-state index is 11.7. The van der Waals surface area contributed by atoms with Gasteiger partial charge in [-0.25, -0.2) is 5.43 Å². The molecule has 0 aliphatic carbocycles. The van der Waals surface area contributed by atoms with Crippen LogP contribution in [0.3, 0.4) is 0 Å². The largest absolute Gasteiger partial charge is 0.271 e. The van der Waals surface area contributed by atoms with Crippen LogP contribution in [0.2, 0.25) is 0 Å². The van der Waals surface area contributed by atoms with Gasteiger partial charge >= 0.3 is 0 Å². The monoisotopic (exact) mass is 270 g/mol. The molecule has 0 atom stereocenters. The maximum absolute atomic E-state index is 11.7. The first kappa shape index (κ1) is 13.3. The Morgan fingerprint density at radius 3 is 2.90 bits per heavy atom. The second-order valence-electron chi connectivity index (χ2n) is 3.79. The zero-order valence-electron chi connectivity index (χ0n) is 10.3. The summed E-state index contributed by atoms with van der Waals surface area (Å²) in [6.45, 7) is 0. The predicted molar refractivity (Wildman–Crippen MR) is 72.4 cm³/mol. The number of hydrogen-bond acceptors (Lipinski definition) is 5. The molecule has 1 aromatic carbocycles. The van der Waals surface area contributed by atoms with Crippen LogP contribution < -0.4 is 5.43 Å². The van der Waals surface area contributed by atoms with E-state index in [0.717, 1.165) is 5.56 Å². The molecule has 1 N–H and O–H groups in total. The Balaban J connectivity index is 2.04. The van der Waals surface area contributed by atoms with E-state index in [9.17, 15) is 14.9 Å². The number of nitro groups is 1. The van der Waals surface area contributed by atoms with Crippen molar-refractivity contribution in [1.29, 1.82) is 0 Å². The van der Waals surface area contributed by atoms with Crippen LogP contribution in [0.25, 0.3) is 0 Å². The number of aromatic nitrogens is 1. The zero-order valence-corrected chi connectivity index (χ0v) is 10.3. The molecule has 0 bridgehead atoms. The molecule has 100 valence electrons. The minimum Gasteiger partial charge on any atom is -0.267 e. The van der Waals surface area contributed by atoms with E-state index >= 15 is 0 Å². The third-order valence-corrected chi connectivity index (χ3v) is 2.38. The minimum absolute atomic E-state index is 0.145. The highest BCUT2D eigenvalue weighted by atomic mass is 16.6.